The number of hydrogen-bond acceptors (Lipinski definition) is 6. The van der Waals surface area contributed by atoms with Crippen LogP contribution in [0.1, 0.15) is 23.6 Å². The van der Waals surface area contributed by atoms with Gasteiger partial charge in [-0.15, -0.1) is 0 Å². The third-order valence-electron chi connectivity index (χ3n) is 5.12. The summed E-state index contributed by atoms with van der Waals surface area (Å²) < 4.78 is 12.3. The van der Waals surface area contributed by atoms with Crippen LogP contribution in [0.15, 0.2) is 52.4 Å². The minimum absolute atomic E-state index is 0.0272. The highest BCUT2D eigenvalue weighted by molar-refractivity contribution is 6.07. The third-order valence-corrected chi connectivity index (χ3v) is 5.12. The van der Waals surface area contributed by atoms with E-state index in [0.29, 0.717) is 28.8 Å². The van der Waals surface area contributed by atoms with Gasteiger partial charge >= 0.3 is 0 Å². The zero-order valence-electron chi connectivity index (χ0n) is 14.6. The molecule has 27 heavy (non-hydrogen) atoms. The predicted molar refractivity (Wildman–Crippen MR) is 100 cm³/mol. The highest BCUT2D eigenvalue weighted by Crippen LogP contribution is 2.36. The van der Waals surface area contributed by atoms with Crippen molar-refractivity contribution in [3.8, 4) is 17.2 Å². The van der Waals surface area contributed by atoms with Gasteiger partial charge in [0.15, 0.2) is 11.5 Å². The van der Waals surface area contributed by atoms with E-state index in [0.717, 1.165) is 11.3 Å². The van der Waals surface area contributed by atoms with Crippen LogP contribution in [-0.2, 0) is 7.05 Å². The summed E-state index contributed by atoms with van der Waals surface area (Å²) in [6.07, 6.45) is 0.487. The minimum atomic E-state index is -0.266. The minimum Gasteiger partial charge on any atom is -0.506 e. The zero-order chi connectivity index (χ0) is 18.5. The third kappa shape index (κ3) is 2.35. The van der Waals surface area contributed by atoms with Gasteiger partial charge in [0, 0.05) is 18.9 Å². The van der Waals surface area contributed by atoms with Crippen LogP contribution in [0.3, 0.4) is 0 Å². The maximum Gasteiger partial charge on any atom is 0.263 e. The summed E-state index contributed by atoms with van der Waals surface area (Å²) in [5, 5.41) is 15.7. The van der Waals surface area contributed by atoms with Crippen LogP contribution in [0.2, 0.25) is 0 Å². The topological polar surface area (TPSA) is 85.1 Å². The fourth-order valence-corrected chi connectivity index (χ4v) is 3.66. The van der Waals surface area contributed by atoms with E-state index in [1.807, 2.05) is 36.4 Å². The maximum absolute atomic E-state index is 12.8. The molecule has 7 heteroatoms. The number of aromatic hydroxyl groups is 1. The summed E-state index contributed by atoms with van der Waals surface area (Å²) in [5.41, 5.74) is 5.25. The van der Waals surface area contributed by atoms with Crippen LogP contribution in [0.5, 0.6) is 17.2 Å². The molecule has 0 radical (unpaired) electrons. The SMILES string of the molecule is Cn1c(=O)c(C2=NN[C@@H](c3ccc4c(c3)OCO4)C2)c(O)c2ccccc21. The zero-order valence-corrected chi connectivity index (χ0v) is 14.6. The smallest absolute Gasteiger partial charge is 0.263 e. The second-order valence-corrected chi connectivity index (χ2v) is 6.66. The van der Waals surface area contributed by atoms with Gasteiger partial charge in [-0.05, 0) is 29.8 Å². The van der Waals surface area contributed by atoms with Gasteiger partial charge in [-0.1, -0.05) is 18.2 Å². The number of para-hydroxylation sites is 1. The number of pyridine rings is 1. The molecule has 0 unspecified atom stereocenters. The van der Waals surface area contributed by atoms with Crippen molar-refractivity contribution in [1.82, 2.24) is 9.99 Å². The van der Waals surface area contributed by atoms with Crippen molar-refractivity contribution in [3.05, 3.63) is 63.9 Å². The molecule has 2 aliphatic rings. The van der Waals surface area contributed by atoms with Gasteiger partial charge in [-0.3, -0.25) is 4.79 Å². The van der Waals surface area contributed by atoms with Crippen molar-refractivity contribution in [2.45, 2.75) is 12.5 Å². The lowest BCUT2D eigenvalue weighted by Crippen LogP contribution is -2.24. The first-order chi connectivity index (χ1) is 13.1. The van der Waals surface area contributed by atoms with Gasteiger partial charge < -0.3 is 24.6 Å². The molecule has 7 nitrogen and oxygen atoms in total. The Morgan fingerprint density at radius 3 is 2.89 bits per heavy atom. The van der Waals surface area contributed by atoms with E-state index in [2.05, 4.69) is 10.5 Å². The molecule has 0 spiro atoms. The Labute approximate surface area is 154 Å². The quantitative estimate of drug-likeness (QED) is 0.730. The molecule has 2 N–H and O–H groups in total. The number of benzene rings is 2. The van der Waals surface area contributed by atoms with Crippen molar-refractivity contribution in [1.29, 1.82) is 0 Å². The van der Waals surface area contributed by atoms with E-state index in [1.165, 1.54) is 0 Å². The molecule has 0 saturated heterocycles. The molecule has 1 atom stereocenters. The number of fused-ring (bicyclic) bond motifs is 2. The van der Waals surface area contributed by atoms with Gasteiger partial charge in [0.1, 0.15) is 11.3 Å². The van der Waals surface area contributed by atoms with E-state index in [4.69, 9.17) is 9.47 Å². The largest absolute Gasteiger partial charge is 0.506 e. The fraction of sp³-hybridized carbons (Fsp3) is 0.200. The first-order valence-electron chi connectivity index (χ1n) is 8.66. The summed E-state index contributed by atoms with van der Waals surface area (Å²) in [4.78, 5) is 12.8. The first kappa shape index (κ1) is 15.7. The maximum atomic E-state index is 12.8. The van der Waals surface area contributed by atoms with Gasteiger partial charge in [0.05, 0.1) is 17.3 Å². The van der Waals surface area contributed by atoms with Crippen LogP contribution in [0.4, 0.5) is 0 Å². The molecule has 0 bridgehead atoms. The normalized spacial score (nSPS) is 17.8. The highest BCUT2D eigenvalue weighted by atomic mass is 16.7. The van der Waals surface area contributed by atoms with E-state index in [-0.39, 0.29) is 29.7 Å². The van der Waals surface area contributed by atoms with Crippen molar-refractivity contribution >= 4 is 16.6 Å². The fourth-order valence-electron chi connectivity index (χ4n) is 3.66. The Morgan fingerprint density at radius 2 is 2.00 bits per heavy atom. The highest BCUT2D eigenvalue weighted by Gasteiger charge is 2.28. The Bertz CT molecular complexity index is 1170. The molecule has 0 aliphatic carbocycles. The molecule has 0 fully saturated rings. The van der Waals surface area contributed by atoms with Gasteiger partial charge in [-0.2, -0.15) is 5.10 Å². The monoisotopic (exact) mass is 363 g/mol. The summed E-state index contributed by atoms with van der Waals surface area (Å²) in [5.74, 6) is 1.40. The van der Waals surface area contributed by atoms with E-state index in [1.54, 1.807) is 17.7 Å². The number of hydrogen-bond donors (Lipinski definition) is 2. The van der Waals surface area contributed by atoms with Crippen molar-refractivity contribution in [2.75, 3.05) is 6.79 Å². The van der Waals surface area contributed by atoms with Gasteiger partial charge in [-0.25, -0.2) is 0 Å². The molecule has 2 aliphatic heterocycles. The molecule has 136 valence electrons. The number of hydrazone groups is 1. The first-order valence-corrected chi connectivity index (χ1v) is 8.66. The standard InChI is InChI=1S/C20H17N3O4/c1-23-15-5-3-2-4-12(15)19(24)18(20(23)25)14-9-13(21-22-14)11-6-7-16-17(8-11)27-10-26-16/h2-8,13,21,24H,9-10H2,1H3/t13-/m1/s1. The molecule has 0 saturated carbocycles. The van der Waals surface area contributed by atoms with Crippen molar-refractivity contribution < 1.29 is 14.6 Å². The average molecular weight is 363 g/mol. The van der Waals surface area contributed by atoms with Crippen LogP contribution in [0.25, 0.3) is 10.9 Å². The molecule has 5 rings (SSSR count). The molecule has 3 heterocycles. The second-order valence-electron chi connectivity index (χ2n) is 6.66. The van der Waals surface area contributed by atoms with Crippen LogP contribution in [-0.4, -0.2) is 22.2 Å². The molecule has 2 aromatic carbocycles. The number of rotatable bonds is 2. The lowest BCUT2D eigenvalue weighted by atomic mass is 9.98. The Kier molecular flexibility index (Phi) is 3.36. The Balaban J connectivity index is 1.53. The summed E-state index contributed by atoms with van der Waals surface area (Å²) in [7, 11) is 1.70. The number of aromatic nitrogens is 1. The van der Waals surface area contributed by atoms with E-state index < -0.39 is 0 Å². The lowest BCUT2D eigenvalue weighted by Gasteiger charge is -2.12. The Hall–Kier alpha value is -3.48. The van der Waals surface area contributed by atoms with E-state index in [9.17, 15) is 9.90 Å². The number of aryl methyl sites for hydroxylation is 1. The summed E-state index contributed by atoms with van der Waals surface area (Å²) >= 11 is 0. The van der Waals surface area contributed by atoms with Crippen LogP contribution < -0.4 is 20.5 Å². The lowest BCUT2D eigenvalue weighted by molar-refractivity contribution is 0.174. The molecule has 1 aromatic heterocycles. The average Bonchev–Trinajstić information content (AvgIpc) is 3.35. The van der Waals surface area contributed by atoms with Crippen LogP contribution >= 0.6 is 0 Å². The van der Waals surface area contributed by atoms with Gasteiger partial charge in [0.25, 0.3) is 5.56 Å². The van der Waals surface area contributed by atoms with Crippen molar-refractivity contribution in [3.63, 3.8) is 0 Å². The van der Waals surface area contributed by atoms with Gasteiger partial charge in [0.2, 0.25) is 6.79 Å². The molecule has 3 aromatic rings. The second kappa shape index (κ2) is 5.77. The van der Waals surface area contributed by atoms with Crippen LogP contribution in [0, 0.1) is 0 Å². The molecular weight excluding hydrogens is 346 g/mol. The van der Waals surface area contributed by atoms with Crippen molar-refractivity contribution in [2.24, 2.45) is 12.1 Å². The number of nitrogens with zero attached hydrogens (tertiary/aromatic N) is 2. The molecular formula is C20H17N3O4. The summed E-state index contributed by atoms with van der Waals surface area (Å²) in [6.45, 7) is 0.222. The number of ether oxygens (including phenoxy) is 2. The van der Waals surface area contributed by atoms with E-state index >= 15 is 0 Å². The predicted octanol–water partition coefficient (Wildman–Crippen LogP) is 2.41. The summed E-state index contributed by atoms with van der Waals surface area (Å²) in [6, 6.07) is 12.9. The molecule has 0 amide bonds. The number of nitrogens with one attached hydrogen (secondary N) is 1. The Morgan fingerprint density at radius 1 is 1.19 bits per heavy atom.